The molecule has 5 nitrogen and oxygen atoms in total. The maximum atomic E-state index is 12.1. The van der Waals surface area contributed by atoms with Gasteiger partial charge in [-0.05, 0) is 38.0 Å². The van der Waals surface area contributed by atoms with Gasteiger partial charge in [-0.1, -0.05) is 13.3 Å². The fourth-order valence-electron chi connectivity index (χ4n) is 2.70. The molecule has 2 unspecified atom stereocenters. The first-order valence-corrected chi connectivity index (χ1v) is 6.91. The minimum absolute atomic E-state index is 0.193. The van der Waals surface area contributed by atoms with Crippen LogP contribution in [0.1, 0.15) is 45.4 Å². The van der Waals surface area contributed by atoms with E-state index in [1.54, 1.807) is 0 Å². The number of urea groups is 1. The van der Waals surface area contributed by atoms with Gasteiger partial charge in [-0.15, -0.1) is 0 Å². The van der Waals surface area contributed by atoms with Crippen molar-refractivity contribution in [1.82, 2.24) is 10.2 Å². The van der Waals surface area contributed by atoms with Crippen molar-refractivity contribution < 1.29 is 14.7 Å². The molecular weight excluding hydrogens is 232 g/mol. The van der Waals surface area contributed by atoms with Crippen molar-refractivity contribution in [3.63, 3.8) is 0 Å². The van der Waals surface area contributed by atoms with E-state index in [9.17, 15) is 14.7 Å². The fraction of sp³-hybridized carbons (Fsp3) is 0.846. The molecule has 2 amide bonds. The van der Waals surface area contributed by atoms with Crippen LogP contribution in [0.3, 0.4) is 0 Å². The SMILES string of the molecule is CCC1CCN(C(=O)NC2CCC2)C(C(=O)O)C1. The Kier molecular flexibility index (Phi) is 4.09. The highest BCUT2D eigenvalue weighted by molar-refractivity contribution is 5.83. The third kappa shape index (κ3) is 2.76. The van der Waals surface area contributed by atoms with E-state index in [4.69, 9.17) is 0 Å². The molecule has 0 aromatic rings. The summed E-state index contributed by atoms with van der Waals surface area (Å²) in [4.78, 5) is 24.8. The number of carboxylic acids is 1. The minimum atomic E-state index is -0.878. The minimum Gasteiger partial charge on any atom is -0.480 e. The van der Waals surface area contributed by atoms with Crippen molar-refractivity contribution in [3.05, 3.63) is 0 Å². The molecule has 1 heterocycles. The highest BCUT2D eigenvalue weighted by atomic mass is 16.4. The molecule has 5 heteroatoms. The van der Waals surface area contributed by atoms with Crippen LogP contribution >= 0.6 is 0 Å². The first-order valence-electron chi connectivity index (χ1n) is 6.91. The van der Waals surface area contributed by atoms with Gasteiger partial charge < -0.3 is 15.3 Å². The number of nitrogens with one attached hydrogen (secondary N) is 1. The van der Waals surface area contributed by atoms with Gasteiger partial charge >= 0.3 is 12.0 Å². The molecule has 0 spiro atoms. The number of nitrogens with zero attached hydrogens (tertiary/aromatic N) is 1. The van der Waals surface area contributed by atoms with E-state index < -0.39 is 12.0 Å². The van der Waals surface area contributed by atoms with Crippen LogP contribution in [0.15, 0.2) is 0 Å². The number of carboxylic acid groups (broad SMARTS) is 1. The summed E-state index contributed by atoms with van der Waals surface area (Å²) < 4.78 is 0. The van der Waals surface area contributed by atoms with Crippen molar-refractivity contribution in [1.29, 1.82) is 0 Å². The van der Waals surface area contributed by atoms with Crippen molar-refractivity contribution >= 4 is 12.0 Å². The van der Waals surface area contributed by atoms with Crippen molar-refractivity contribution in [2.45, 2.75) is 57.5 Å². The lowest BCUT2D eigenvalue weighted by atomic mass is 9.89. The van der Waals surface area contributed by atoms with Crippen LogP contribution in [0, 0.1) is 5.92 Å². The highest BCUT2D eigenvalue weighted by Gasteiger charge is 2.36. The molecule has 0 radical (unpaired) electrons. The molecule has 2 fully saturated rings. The van der Waals surface area contributed by atoms with E-state index in [0.29, 0.717) is 18.9 Å². The van der Waals surface area contributed by atoms with Gasteiger partial charge in [-0.25, -0.2) is 9.59 Å². The zero-order valence-corrected chi connectivity index (χ0v) is 10.9. The van der Waals surface area contributed by atoms with E-state index in [1.807, 2.05) is 0 Å². The Bertz CT molecular complexity index is 328. The Labute approximate surface area is 108 Å². The molecule has 2 rings (SSSR count). The number of likely N-dealkylation sites (tertiary alicyclic amines) is 1. The van der Waals surface area contributed by atoms with Crippen molar-refractivity contribution in [2.24, 2.45) is 5.92 Å². The Morgan fingerprint density at radius 3 is 2.56 bits per heavy atom. The van der Waals surface area contributed by atoms with Gasteiger partial charge in [-0.2, -0.15) is 0 Å². The second kappa shape index (κ2) is 5.59. The van der Waals surface area contributed by atoms with Gasteiger partial charge in [0.25, 0.3) is 0 Å². The number of carbonyl (C=O) groups is 2. The first-order chi connectivity index (χ1) is 8.61. The molecule has 1 saturated heterocycles. The fourth-order valence-corrected chi connectivity index (χ4v) is 2.70. The van der Waals surface area contributed by atoms with Gasteiger partial charge in [0.15, 0.2) is 0 Å². The van der Waals surface area contributed by atoms with Crippen molar-refractivity contribution in [2.75, 3.05) is 6.54 Å². The van der Waals surface area contributed by atoms with Crippen LogP contribution in [0.4, 0.5) is 4.79 Å². The maximum absolute atomic E-state index is 12.1. The predicted molar refractivity (Wildman–Crippen MR) is 67.3 cm³/mol. The van der Waals surface area contributed by atoms with Crippen LogP contribution in [0.5, 0.6) is 0 Å². The summed E-state index contributed by atoms with van der Waals surface area (Å²) in [6.45, 7) is 2.64. The molecule has 2 aliphatic rings. The first kappa shape index (κ1) is 13.2. The monoisotopic (exact) mass is 254 g/mol. The summed E-state index contributed by atoms with van der Waals surface area (Å²) in [5, 5.41) is 12.2. The summed E-state index contributed by atoms with van der Waals surface area (Å²) in [6, 6.07) is -0.582. The highest BCUT2D eigenvalue weighted by Crippen LogP contribution is 2.26. The average Bonchev–Trinajstić information content (AvgIpc) is 2.32. The zero-order chi connectivity index (χ0) is 13.1. The molecule has 0 bridgehead atoms. The second-order valence-electron chi connectivity index (χ2n) is 5.42. The largest absolute Gasteiger partial charge is 0.480 e. The van der Waals surface area contributed by atoms with Crippen LogP contribution < -0.4 is 5.32 Å². The molecule has 102 valence electrons. The Morgan fingerprint density at radius 1 is 1.33 bits per heavy atom. The number of piperidine rings is 1. The summed E-state index contributed by atoms with van der Waals surface area (Å²) in [6.07, 6.45) is 5.69. The number of amides is 2. The quantitative estimate of drug-likeness (QED) is 0.807. The lowest BCUT2D eigenvalue weighted by molar-refractivity contribution is -0.144. The third-order valence-electron chi connectivity index (χ3n) is 4.27. The molecule has 1 saturated carbocycles. The number of rotatable bonds is 3. The smallest absolute Gasteiger partial charge is 0.326 e. The van der Waals surface area contributed by atoms with E-state index in [1.165, 1.54) is 4.90 Å². The third-order valence-corrected chi connectivity index (χ3v) is 4.27. The van der Waals surface area contributed by atoms with E-state index in [0.717, 1.165) is 32.1 Å². The molecule has 1 aliphatic carbocycles. The van der Waals surface area contributed by atoms with Gasteiger partial charge in [0.1, 0.15) is 6.04 Å². The summed E-state index contributed by atoms with van der Waals surface area (Å²) in [5.41, 5.74) is 0. The molecule has 0 aromatic heterocycles. The zero-order valence-electron chi connectivity index (χ0n) is 10.9. The number of hydrogen-bond acceptors (Lipinski definition) is 2. The normalized spacial score (nSPS) is 28.6. The van der Waals surface area contributed by atoms with Crippen molar-refractivity contribution in [3.8, 4) is 0 Å². The molecule has 18 heavy (non-hydrogen) atoms. The van der Waals surface area contributed by atoms with E-state index in [-0.39, 0.29) is 12.1 Å². The van der Waals surface area contributed by atoms with Gasteiger partial charge in [0, 0.05) is 12.6 Å². The van der Waals surface area contributed by atoms with Gasteiger partial charge in [0.05, 0.1) is 0 Å². The molecular formula is C13H22N2O3. The Morgan fingerprint density at radius 2 is 2.06 bits per heavy atom. The number of aliphatic carboxylic acids is 1. The maximum Gasteiger partial charge on any atom is 0.326 e. The Balaban J connectivity index is 1.95. The topological polar surface area (TPSA) is 69.6 Å². The molecule has 2 N–H and O–H groups in total. The van der Waals surface area contributed by atoms with Crippen LogP contribution in [0.2, 0.25) is 0 Å². The lowest BCUT2D eigenvalue weighted by Gasteiger charge is -2.38. The van der Waals surface area contributed by atoms with Crippen LogP contribution in [-0.4, -0.2) is 40.6 Å². The molecule has 0 aromatic carbocycles. The summed E-state index contributed by atoms with van der Waals surface area (Å²) in [5.74, 6) is -0.448. The number of hydrogen-bond donors (Lipinski definition) is 2. The summed E-state index contributed by atoms with van der Waals surface area (Å²) >= 11 is 0. The standard InChI is InChI=1S/C13H22N2O3/c1-2-9-6-7-15(11(8-9)12(16)17)13(18)14-10-4-3-5-10/h9-11H,2-8H2,1H3,(H,14,18)(H,16,17). The number of carbonyl (C=O) groups excluding carboxylic acids is 1. The average molecular weight is 254 g/mol. The predicted octanol–water partition coefficient (Wildman–Crippen LogP) is 1.82. The Hall–Kier alpha value is -1.26. The second-order valence-corrected chi connectivity index (χ2v) is 5.42. The van der Waals surface area contributed by atoms with Gasteiger partial charge in [-0.3, -0.25) is 0 Å². The van der Waals surface area contributed by atoms with E-state index >= 15 is 0 Å². The molecule has 2 atom stereocenters. The van der Waals surface area contributed by atoms with Crippen LogP contribution in [0.25, 0.3) is 0 Å². The van der Waals surface area contributed by atoms with E-state index in [2.05, 4.69) is 12.2 Å². The van der Waals surface area contributed by atoms with Gasteiger partial charge in [0.2, 0.25) is 0 Å². The van der Waals surface area contributed by atoms with Crippen LogP contribution in [-0.2, 0) is 4.79 Å². The lowest BCUT2D eigenvalue weighted by Crippen LogP contribution is -2.56. The molecule has 1 aliphatic heterocycles. The summed E-state index contributed by atoms with van der Waals surface area (Å²) in [7, 11) is 0.